The standard InChI is InChI=1S/C23H45NO5S2/c1-2-20-31-23(30)14-8-7-13-22(28)29-19-11-4-3-9-15-24(17-18-25)16-10-5-6-12-21(26)27/h23,25,30H,2-20H2,1H3,(H,26,27). The lowest BCUT2D eigenvalue weighted by molar-refractivity contribution is -0.144. The fourth-order valence-electron chi connectivity index (χ4n) is 3.24. The topological polar surface area (TPSA) is 87.1 Å². The van der Waals surface area contributed by atoms with E-state index in [2.05, 4.69) is 24.5 Å². The van der Waals surface area contributed by atoms with E-state index in [1.165, 1.54) is 6.42 Å². The Hall–Kier alpha value is -0.440. The molecule has 0 fully saturated rings. The van der Waals surface area contributed by atoms with Gasteiger partial charge in [0.05, 0.1) is 13.2 Å². The fourth-order valence-corrected chi connectivity index (χ4v) is 4.58. The maximum Gasteiger partial charge on any atom is 0.305 e. The quantitative estimate of drug-likeness (QED) is 0.0823. The Morgan fingerprint density at radius 1 is 0.935 bits per heavy atom. The van der Waals surface area contributed by atoms with E-state index in [1.807, 2.05) is 11.8 Å². The Bertz CT molecular complexity index is 440. The van der Waals surface area contributed by atoms with Crippen LogP contribution in [0.15, 0.2) is 0 Å². The number of esters is 1. The van der Waals surface area contributed by atoms with Crippen molar-refractivity contribution in [2.45, 2.75) is 95.0 Å². The second-order valence-electron chi connectivity index (χ2n) is 7.98. The highest BCUT2D eigenvalue weighted by Gasteiger charge is 2.07. The number of carbonyl (C=O) groups is 2. The third kappa shape index (κ3) is 22.5. The number of hydrogen-bond acceptors (Lipinski definition) is 7. The van der Waals surface area contributed by atoms with Crippen molar-refractivity contribution in [2.75, 3.05) is 38.6 Å². The van der Waals surface area contributed by atoms with Gasteiger partial charge < -0.3 is 19.8 Å². The molecule has 0 heterocycles. The van der Waals surface area contributed by atoms with Crippen molar-refractivity contribution in [1.82, 2.24) is 4.90 Å². The summed E-state index contributed by atoms with van der Waals surface area (Å²) in [7, 11) is 0. The second-order valence-corrected chi connectivity index (χ2v) is 10.3. The Labute approximate surface area is 199 Å². The summed E-state index contributed by atoms with van der Waals surface area (Å²) in [6.07, 6.45) is 11.5. The number of aliphatic carboxylic acids is 1. The minimum atomic E-state index is -0.735. The van der Waals surface area contributed by atoms with E-state index in [1.54, 1.807) is 0 Å². The first-order chi connectivity index (χ1) is 15.0. The summed E-state index contributed by atoms with van der Waals surface area (Å²) >= 11 is 6.44. The van der Waals surface area contributed by atoms with Crippen LogP contribution in [0.25, 0.3) is 0 Å². The van der Waals surface area contributed by atoms with Crippen LogP contribution in [-0.4, -0.2) is 70.2 Å². The first kappa shape index (κ1) is 30.6. The van der Waals surface area contributed by atoms with E-state index in [0.29, 0.717) is 24.2 Å². The van der Waals surface area contributed by atoms with Gasteiger partial charge in [-0.15, -0.1) is 11.8 Å². The highest BCUT2D eigenvalue weighted by molar-refractivity contribution is 8.10. The predicted molar refractivity (Wildman–Crippen MR) is 133 cm³/mol. The molecular formula is C23H45NO5S2. The molecule has 0 aliphatic carbocycles. The van der Waals surface area contributed by atoms with E-state index in [-0.39, 0.29) is 19.0 Å². The summed E-state index contributed by atoms with van der Waals surface area (Å²) in [6, 6.07) is 0. The average Bonchev–Trinajstić information content (AvgIpc) is 2.73. The van der Waals surface area contributed by atoms with Crippen molar-refractivity contribution in [3.63, 3.8) is 0 Å². The first-order valence-electron chi connectivity index (χ1n) is 12.0. The second kappa shape index (κ2) is 22.7. The summed E-state index contributed by atoms with van der Waals surface area (Å²) in [5.41, 5.74) is 0. The Morgan fingerprint density at radius 2 is 1.58 bits per heavy atom. The monoisotopic (exact) mass is 479 g/mol. The van der Waals surface area contributed by atoms with Gasteiger partial charge in [0.15, 0.2) is 0 Å². The summed E-state index contributed by atoms with van der Waals surface area (Å²) in [5, 5.41) is 17.9. The smallest absolute Gasteiger partial charge is 0.305 e. The number of aliphatic hydroxyl groups excluding tert-OH is 1. The molecule has 1 unspecified atom stereocenters. The van der Waals surface area contributed by atoms with Crippen LogP contribution in [0, 0.1) is 0 Å². The van der Waals surface area contributed by atoms with Crippen LogP contribution in [-0.2, 0) is 14.3 Å². The lowest BCUT2D eigenvalue weighted by Crippen LogP contribution is -2.29. The maximum absolute atomic E-state index is 11.8. The zero-order chi connectivity index (χ0) is 23.2. The molecule has 0 saturated heterocycles. The van der Waals surface area contributed by atoms with E-state index in [9.17, 15) is 14.7 Å². The van der Waals surface area contributed by atoms with Gasteiger partial charge in [0.2, 0.25) is 0 Å². The van der Waals surface area contributed by atoms with Gasteiger partial charge in [-0.2, -0.15) is 12.6 Å². The molecule has 2 N–H and O–H groups in total. The summed E-state index contributed by atoms with van der Waals surface area (Å²) < 4.78 is 5.70. The molecule has 0 amide bonds. The predicted octanol–water partition coefficient (Wildman–Crippen LogP) is 4.99. The molecule has 31 heavy (non-hydrogen) atoms. The number of thioether (sulfide) groups is 1. The van der Waals surface area contributed by atoms with Crippen molar-refractivity contribution in [3.8, 4) is 0 Å². The minimum absolute atomic E-state index is 0.0889. The molecular weight excluding hydrogens is 434 g/mol. The fraction of sp³-hybridized carbons (Fsp3) is 0.913. The average molecular weight is 480 g/mol. The number of thiol groups is 1. The van der Waals surface area contributed by atoms with Gasteiger partial charge in [-0.3, -0.25) is 9.59 Å². The van der Waals surface area contributed by atoms with Gasteiger partial charge in [0.1, 0.15) is 0 Å². The Balaban J connectivity index is 3.57. The van der Waals surface area contributed by atoms with Crippen LogP contribution >= 0.6 is 24.4 Å². The zero-order valence-corrected chi connectivity index (χ0v) is 21.1. The summed E-state index contributed by atoms with van der Waals surface area (Å²) in [6.45, 7) is 5.35. The largest absolute Gasteiger partial charge is 0.481 e. The number of carbonyl (C=O) groups excluding carboxylic acids is 1. The normalized spacial score (nSPS) is 12.3. The molecule has 8 heteroatoms. The molecule has 0 aliphatic heterocycles. The van der Waals surface area contributed by atoms with Gasteiger partial charge in [0, 0.05) is 24.0 Å². The lowest BCUT2D eigenvalue weighted by Gasteiger charge is -2.21. The molecule has 0 aromatic rings. The maximum atomic E-state index is 11.8. The highest BCUT2D eigenvalue weighted by atomic mass is 32.2. The number of nitrogens with zero attached hydrogens (tertiary/aromatic N) is 1. The van der Waals surface area contributed by atoms with E-state index in [0.717, 1.165) is 83.1 Å². The third-order valence-corrected chi connectivity index (χ3v) is 6.98. The number of aliphatic hydroxyl groups is 1. The molecule has 0 aromatic carbocycles. The van der Waals surface area contributed by atoms with Crippen molar-refractivity contribution in [1.29, 1.82) is 0 Å². The minimum Gasteiger partial charge on any atom is -0.481 e. The van der Waals surface area contributed by atoms with Gasteiger partial charge >= 0.3 is 11.9 Å². The number of unbranched alkanes of at least 4 members (excludes halogenated alkanes) is 6. The summed E-state index contributed by atoms with van der Waals surface area (Å²) in [5.74, 6) is 0.319. The van der Waals surface area contributed by atoms with Crippen molar-refractivity contribution in [3.05, 3.63) is 0 Å². The molecule has 0 bridgehead atoms. The van der Waals surface area contributed by atoms with Gasteiger partial charge in [0.25, 0.3) is 0 Å². The van der Waals surface area contributed by atoms with Crippen molar-refractivity contribution < 1.29 is 24.5 Å². The lowest BCUT2D eigenvalue weighted by atomic mass is 10.1. The zero-order valence-electron chi connectivity index (χ0n) is 19.4. The number of ether oxygens (including phenoxy) is 1. The molecule has 0 rings (SSSR count). The van der Waals surface area contributed by atoms with Crippen LogP contribution in [0.1, 0.15) is 90.4 Å². The van der Waals surface area contributed by atoms with Crippen molar-refractivity contribution >= 4 is 36.3 Å². The third-order valence-electron chi connectivity index (χ3n) is 5.01. The Morgan fingerprint density at radius 3 is 2.23 bits per heavy atom. The van der Waals surface area contributed by atoms with Crippen LogP contribution in [0.5, 0.6) is 0 Å². The van der Waals surface area contributed by atoms with Crippen LogP contribution in [0.4, 0.5) is 0 Å². The molecule has 0 aliphatic rings. The van der Waals surface area contributed by atoms with Crippen molar-refractivity contribution in [2.24, 2.45) is 0 Å². The number of carboxylic acid groups (broad SMARTS) is 1. The molecule has 184 valence electrons. The molecule has 0 radical (unpaired) electrons. The van der Waals surface area contributed by atoms with Gasteiger partial charge in [-0.25, -0.2) is 0 Å². The number of carboxylic acids is 1. The van der Waals surface area contributed by atoms with E-state index >= 15 is 0 Å². The van der Waals surface area contributed by atoms with Gasteiger partial charge in [-0.1, -0.05) is 32.6 Å². The summed E-state index contributed by atoms with van der Waals surface area (Å²) in [4.78, 5) is 24.6. The molecule has 0 saturated carbocycles. The van der Waals surface area contributed by atoms with Gasteiger partial charge in [-0.05, 0) is 63.8 Å². The molecule has 1 atom stereocenters. The van der Waals surface area contributed by atoms with Crippen LogP contribution in [0.2, 0.25) is 0 Å². The van der Waals surface area contributed by atoms with E-state index < -0.39 is 5.97 Å². The van der Waals surface area contributed by atoms with Crippen LogP contribution < -0.4 is 0 Å². The molecule has 0 spiro atoms. The number of rotatable bonds is 23. The number of hydrogen-bond donors (Lipinski definition) is 3. The SMILES string of the molecule is CCCSC(S)CCCCC(=O)OCCCCCCN(CCO)CCCCCC(=O)O. The first-order valence-corrected chi connectivity index (χ1v) is 13.6. The highest BCUT2D eigenvalue weighted by Crippen LogP contribution is 2.21. The van der Waals surface area contributed by atoms with Crippen LogP contribution in [0.3, 0.4) is 0 Å². The molecule has 6 nitrogen and oxygen atoms in total. The van der Waals surface area contributed by atoms with E-state index in [4.69, 9.17) is 9.84 Å². The molecule has 0 aromatic heterocycles. The Kier molecular flexibility index (Phi) is 22.4.